The van der Waals surface area contributed by atoms with E-state index in [2.05, 4.69) is 24.5 Å². The molecule has 0 bridgehead atoms. The highest BCUT2D eigenvalue weighted by molar-refractivity contribution is 5.85. The number of rotatable bonds is 15. The van der Waals surface area contributed by atoms with Crippen molar-refractivity contribution in [3.05, 3.63) is 59.7 Å². The molecule has 2 rings (SSSR count). The zero-order valence-corrected chi connectivity index (χ0v) is 21.6. The van der Waals surface area contributed by atoms with Crippen LogP contribution in [0.2, 0.25) is 0 Å². The van der Waals surface area contributed by atoms with E-state index < -0.39 is 18.3 Å². The summed E-state index contributed by atoms with van der Waals surface area (Å²) in [5, 5.41) is 5.42. The molecular formula is C29H42N2O4. The maximum Gasteiger partial charge on any atom is 0.412 e. The summed E-state index contributed by atoms with van der Waals surface area (Å²) < 4.78 is 10.5. The molecule has 2 aromatic carbocycles. The number of aryl methyl sites for hydroxylation is 2. The molecule has 0 aromatic heterocycles. The van der Waals surface area contributed by atoms with E-state index in [4.69, 9.17) is 9.47 Å². The van der Waals surface area contributed by atoms with E-state index in [0.717, 1.165) is 12.8 Å². The highest BCUT2D eigenvalue weighted by atomic mass is 16.6. The van der Waals surface area contributed by atoms with Crippen LogP contribution in [-0.2, 0) is 22.3 Å². The van der Waals surface area contributed by atoms with Gasteiger partial charge in [-0.25, -0.2) is 9.59 Å². The predicted molar refractivity (Wildman–Crippen MR) is 143 cm³/mol. The lowest BCUT2D eigenvalue weighted by molar-refractivity contribution is 0.0651. The summed E-state index contributed by atoms with van der Waals surface area (Å²) in [6.45, 7) is 6.05. The number of unbranched alkanes of at least 4 members (excludes halogenated alkanes) is 6. The second-order valence-corrected chi connectivity index (χ2v) is 9.08. The van der Waals surface area contributed by atoms with Gasteiger partial charge in [0.25, 0.3) is 0 Å². The second-order valence-electron chi connectivity index (χ2n) is 9.08. The number of anilines is 2. The predicted octanol–water partition coefficient (Wildman–Crippen LogP) is 8.12. The summed E-state index contributed by atoms with van der Waals surface area (Å²) in [5.41, 5.74) is 3.86. The van der Waals surface area contributed by atoms with E-state index in [9.17, 15) is 9.59 Å². The number of ether oxygens (including phenoxy) is 2. The third-order valence-corrected chi connectivity index (χ3v) is 5.80. The van der Waals surface area contributed by atoms with Gasteiger partial charge in [-0.3, -0.25) is 10.6 Å². The highest BCUT2D eigenvalue weighted by Crippen LogP contribution is 2.15. The van der Waals surface area contributed by atoms with E-state index in [0.29, 0.717) is 11.4 Å². The minimum absolute atomic E-state index is 0.0362. The number of hydrogen-bond donors (Lipinski definition) is 2. The average molecular weight is 483 g/mol. The minimum atomic E-state index is -0.580. The SMILES string of the molecule is CCCCCCc1ccc(NC(=O)OCC(C)OC(=O)Nc2ccc(CCCCCC)cc2)cc1. The molecule has 0 fully saturated rings. The van der Waals surface area contributed by atoms with Crippen LogP contribution in [0.4, 0.5) is 21.0 Å². The zero-order valence-electron chi connectivity index (χ0n) is 21.6. The van der Waals surface area contributed by atoms with Crippen LogP contribution in [-0.4, -0.2) is 24.9 Å². The van der Waals surface area contributed by atoms with Crippen LogP contribution in [0.5, 0.6) is 0 Å². The van der Waals surface area contributed by atoms with Crippen molar-refractivity contribution in [1.29, 1.82) is 0 Å². The third-order valence-electron chi connectivity index (χ3n) is 5.80. The molecule has 0 saturated carbocycles. The van der Waals surface area contributed by atoms with Gasteiger partial charge in [-0.2, -0.15) is 0 Å². The Morgan fingerprint density at radius 1 is 0.686 bits per heavy atom. The van der Waals surface area contributed by atoms with Gasteiger partial charge in [0, 0.05) is 11.4 Å². The number of carbonyl (C=O) groups excluding carboxylic acids is 2. The quantitative estimate of drug-likeness (QED) is 0.251. The Morgan fingerprint density at radius 2 is 1.14 bits per heavy atom. The Bertz CT molecular complexity index is 865. The fourth-order valence-electron chi connectivity index (χ4n) is 3.73. The summed E-state index contributed by atoms with van der Waals surface area (Å²) in [4.78, 5) is 24.2. The van der Waals surface area contributed by atoms with Crippen molar-refractivity contribution in [2.45, 2.75) is 91.1 Å². The summed E-state index contributed by atoms with van der Waals surface area (Å²) in [7, 11) is 0. The van der Waals surface area contributed by atoms with Crippen molar-refractivity contribution in [3.63, 3.8) is 0 Å². The maximum absolute atomic E-state index is 12.1. The van der Waals surface area contributed by atoms with Crippen LogP contribution < -0.4 is 10.6 Å². The van der Waals surface area contributed by atoms with Crippen molar-refractivity contribution >= 4 is 23.6 Å². The number of amides is 2. The molecule has 6 heteroatoms. The van der Waals surface area contributed by atoms with E-state index in [1.807, 2.05) is 48.5 Å². The van der Waals surface area contributed by atoms with Gasteiger partial charge in [0.05, 0.1) is 0 Å². The van der Waals surface area contributed by atoms with E-state index in [1.165, 1.54) is 62.5 Å². The van der Waals surface area contributed by atoms with E-state index >= 15 is 0 Å². The van der Waals surface area contributed by atoms with Crippen molar-refractivity contribution in [1.82, 2.24) is 0 Å². The molecule has 0 spiro atoms. The Balaban J connectivity index is 1.64. The van der Waals surface area contributed by atoms with Crippen LogP contribution in [0.25, 0.3) is 0 Å². The van der Waals surface area contributed by atoms with Crippen LogP contribution in [0.3, 0.4) is 0 Å². The first-order valence-electron chi connectivity index (χ1n) is 13.1. The average Bonchev–Trinajstić information content (AvgIpc) is 2.85. The van der Waals surface area contributed by atoms with Gasteiger partial charge < -0.3 is 9.47 Å². The molecule has 0 aliphatic carbocycles. The Labute approximate surface area is 210 Å². The largest absolute Gasteiger partial charge is 0.445 e. The summed E-state index contributed by atoms with van der Waals surface area (Å²) in [6.07, 6.45) is 10.2. The van der Waals surface area contributed by atoms with Crippen molar-refractivity contribution in [2.24, 2.45) is 0 Å². The molecule has 35 heavy (non-hydrogen) atoms. The van der Waals surface area contributed by atoms with Gasteiger partial charge in [0.2, 0.25) is 0 Å². The number of nitrogens with one attached hydrogen (secondary N) is 2. The molecule has 0 heterocycles. The number of carbonyl (C=O) groups is 2. The maximum atomic E-state index is 12.1. The van der Waals surface area contributed by atoms with Crippen molar-refractivity contribution < 1.29 is 19.1 Å². The molecule has 0 radical (unpaired) electrons. The standard InChI is InChI=1S/C29H42N2O4/c1-4-6-8-10-12-24-14-18-26(19-15-24)30-28(32)34-22-23(3)35-29(33)31-27-20-16-25(17-21-27)13-11-9-7-5-2/h14-21,23H,4-13,22H2,1-3H3,(H,30,32)(H,31,33). The van der Waals surface area contributed by atoms with Crippen LogP contribution in [0, 0.1) is 0 Å². The number of hydrogen-bond acceptors (Lipinski definition) is 4. The Hall–Kier alpha value is -3.02. The third kappa shape index (κ3) is 12.3. The van der Waals surface area contributed by atoms with Crippen LogP contribution in [0.1, 0.15) is 83.3 Å². The van der Waals surface area contributed by atoms with Gasteiger partial charge >= 0.3 is 12.2 Å². The zero-order chi connectivity index (χ0) is 25.3. The van der Waals surface area contributed by atoms with Crippen molar-refractivity contribution in [3.8, 4) is 0 Å². The minimum Gasteiger partial charge on any atom is -0.445 e. The van der Waals surface area contributed by atoms with Gasteiger partial charge in [0.1, 0.15) is 12.7 Å². The van der Waals surface area contributed by atoms with Crippen LogP contribution >= 0.6 is 0 Å². The van der Waals surface area contributed by atoms with E-state index in [1.54, 1.807) is 6.92 Å². The molecule has 0 aliphatic rings. The molecule has 1 unspecified atom stereocenters. The van der Waals surface area contributed by atoms with Gasteiger partial charge in [-0.1, -0.05) is 76.6 Å². The highest BCUT2D eigenvalue weighted by Gasteiger charge is 2.13. The molecular weight excluding hydrogens is 440 g/mol. The summed E-state index contributed by atoms with van der Waals surface area (Å²) >= 11 is 0. The molecule has 2 amide bonds. The smallest absolute Gasteiger partial charge is 0.412 e. The molecule has 0 saturated heterocycles. The fraction of sp³-hybridized carbons (Fsp3) is 0.517. The molecule has 2 aromatic rings. The van der Waals surface area contributed by atoms with E-state index in [-0.39, 0.29) is 6.61 Å². The molecule has 192 valence electrons. The second kappa shape index (κ2) is 16.6. The monoisotopic (exact) mass is 482 g/mol. The van der Waals surface area contributed by atoms with Crippen LogP contribution in [0.15, 0.2) is 48.5 Å². The lowest BCUT2D eigenvalue weighted by Crippen LogP contribution is -2.26. The first-order valence-corrected chi connectivity index (χ1v) is 13.1. The first-order chi connectivity index (χ1) is 17.0. The summed E-state index contributed by atoms with van der Waals surface area (Å²) in [5.74, 6) is 0. The van der Waals surface area contributed by atoms with Gasteiger partial charge in [-0.15, -0.1) is 0 Å². The van der Waals surface area contributed by atoms with Gasteiger partial charge in [0.15, 0.2) is 0 Å². The van der Waals surface area contributed by atoms with Crippen molar-refractivity contribution in [2.75, 3.05) is 17.2 Å². The topological polar surface area (TPSA) is 76.7 Å². The molecule has 1 atom stereocenters. The Morgan fingerprint density at radius 3 is 1.60 bits per heavy atom. The summed E-state index contributed by atoms with van der Waals surface area (Å²) in [6, 6.07) is 15.6. The fourth-order valence-corrected chi connectivity index (χ4v) is 3.73. The molecule has 6 nitrogen and oxygen atoms in total. The molecule has 2 N–H and O–H groups in total. The molecule has 0 aliphatic heterocycles. The lowest BCUT2D eigenvalue weighted by atomic mass is 10.1. The first kappa shape index (κ1) is 28.2. The number of benzene rings is 2. The van der Waals surface area contributed by atoms with Gasteiger partial charge in [-0.05, 0) is 68.0 Å². The lowest BCUT2D eigenvalue weighted by Gasteiger charge is -2.15. The normalized spacial score (nSPS) is 11.5. The Kier molecular flexibility index (Phi) is 13.4.